The van der Waals surface area contributed by atoms with Crippen molar-refractivity contribution in [1.82, 2.24) is 15.3 Å². The molecule has 8 heteroatoms. The van der Waals surface area contributed by atoms with E-state index in [4.69, 9.17) is 0 Å². The first-order valence-corrected chi connectivity index (χ1v) is 5.56. The highest BCUT2D eigenvalue weighted by Gasteiger charge is 2.30. The summed E-state index contributed by atoms with van der Waals surface area (Å²) >= 11 is 0. The van der Waals surface area contributed by atoms with Crippen LogP contribution >= 0.6 is 0 Å². The number of amides is 1. The third-order valence-corrected chi connectivity index (χ3v) is 2.32. The van der Waals surface area contributed by atoms with Gasteiger partial charge in [-0.15, -0.1) is 13.2 Å². The molecule has 0 radical (unpaired) electrons. The Morgan fingerprint density at radius 1 is 1.30 bits per heavy atom. The number of alkyl halides is 3. The maximum Gasteiger partial charge on any atom is 0.573 e. The van der Waals surface area contributed by atoms with Crippen LogP contribution in [0.25, 0.3) is 0 Å². The monoisotopic (exact) mass is 285 g/mol. The van der Waals surface area contributed by atoms with Crippen LogP contribution in [0, 0.1) is 0 Å². The summed E-state index contributed by atoms with van der Waals surface area (Å²) in [4.78, 5) is 18.0. The number of carbonyl (C=O) groups excluding carboxylic acids is 1. The molecule has 0 atom stereocenters. The van der Waals surface area contributed by atoms with Crippen molar-refractivity contribution in [2.75, 3.05) is 0 Å². The van der Waals surface area contributed by atoms with E-state index in [1.165, 1.54) is 36.7 Å². The number of carbonyl (C=O) groups is 1. The SMILES string of the molecule is O=C(NCc1ccc(OC(F)(F)F)cc1)c1ncc[nH]1. The minimum absolute atomic E-state index is 0.169. The van der Waals surface area contributed by atoms with E-state index >= 15 is 0 Å². The van der Waals surface area contributed by atoms with Gasteiger partial charge in [0, 0.05) is 18.9 Å². The average Bonchev–Trinajstić information content (AvgIpc) is 2.89. The summed E-state index contributed by atoms with van der Waals surface area (Å²) in [6, 6.07) is 5.23. The van der Waals surface area contributed by atoms with Crippen molar-refractivity contribution < 1.29 is 22.7 Å². The van der Waals surface area contributed by atoms with Crippen molar-refractivity contribution in [2.24, 2.45) is 0 Å². The number of nitrogens with zero attached hydrogens (tertiary/aromatic N) is 1. The zero-order chi connectivity index (χ0) is 14.6. The molecule has 0 aliphatic carbocycles. The highest BCUT2D eigenvalue weighted by molar-refractivity contribution is 5.90. The molecule has 0 spiro atoms. The third-order valence-electron chi connectivity index (χ3n) is 2.32. The second kappa shape index (κ2) is 5.64. The molecule has 20 heavy (non-hydrogen) atoms. The Bertz CT molecular complexity index is 565. The van der Waals surface area contributed by atoms with Gasteiger partial charge in [-0.05, 0) is 17.7 Å². The molecule has 1 aromatic heterocycles. The van der Waals surface area contributed by atoms with Gasteiger partial charge in [0.2, 0.25) is 0 Å². The zero-order valence-corrected chi connectivity index (χ0v) is 10.1. The smallest absolute Gasteiger partial charge is 0.406 e. The molecule has 0 saturated heterocycles. The Labute approximate surface area is 111 Å². The van der Waals surface area contributed by atoms with Gasteiger partial charge in [0.05, 0.1) is 0 Å². The fourth-order valence-electron chi connectivity index (χ4n) is 1.46. The summed E-state index contributed by atoms with van der Waals surface area (Å²) in [6.07, 6.45) is -1.76. The summed E-state index contributed by atoms with van der Waals surface area (Å²) in [6.45, 7) is 0.172. The van der Waals surface area contributed by atoms with Gasteiger partial charge in [0.1, 0.15) is 5.75 Å². The molecular formula is C12H10F3N3O2. The number of rotatable bonds is 4. The summed E-state index contributed by atoms with van der Waals surface area (Å²) < 4.78 is 39.6. The van der Waals surface area contributed by atoms with Gasteiger partial charge in [0.15, 0.2) is 5.82 Å². The molecule has 0 fully saturated rings. The lowest BCUT2D eigenvalue weighted by atomic mass is 10.2. The number of hydrogen-bond donors (Lipinski definition) is 2. The Kier molecular flexibility index (Phi) is 3.92. The summed E-state index contributed by atoms with van der Waals surface area (Å²) in [5.74, 6) is -0.536. The van der Waals surface area contributed by atoms with Gasteiger partial charge in [-0.2, -0.15) is 0 Å². The van der Waals surface area contributed by atoms with E-state index in [1.807, 2.05) is 0 Å². The van der Waals surface area contributed by atoms with Crippen LogP contribution in [0.15, 0.2) is 36.7 Å². The summed E-state index contributed by atoms with van der Waals surface area (Å²) in [7, 11) is 0. The molecule has 1 aromatic carbocycles. The predicted molar refractivity (Wildman–Crippen MR) is 62.9 cm³/mol. The Balaban J connectivity index is 1.89. The summed E-state index contributed by atoms with van der Waals surface area (Å²) in [5, 5.41) is 2.57. The van der Waals surface area contributed by atoms with Crippen molar-refractivity contribution in [2.45, 2.75) is 12.9 Å². The van der Waals surface area contributed by atoms with Crippen molar-refractivity contribution in [3.63, 3.8) is 0 Å². The fourth-order valence-corrected chi connectivity index (χ4v) is 1.46. The van der Waals surface area contributed by atoms with Crippen LogP contribution in [-0.2, 0) is 6.54 Å². The van der Waals surface area contributed by atoms with E-state index in [2.05, 4.69) is 20.0 Å². The van der Waals surface area contributed by atoms with Gasteiger partial charge in [-0.25, -0.2) is 4.98 Å². The number of benzene rings is 1. The maximum absolute atomic E-state index is 12.0. The molecule has 0 aliphatic rings. The second-order valence-electron chi connectivity index (χ2n) is 3.81. The standard InChI is InChI=1S/C12H10F3N3O2/c13-12(14,15)20-9-3-1-8(2-4-9)7-18-11(19)10-16-5-6-17-10/h1-6H,7H2,(H,16,17)(H,18,19). The lowest BCUT2D eigenvalue weighted by molar-refractivity contribution is -0.274. The van der Waals surface area contributed by atoms with Gasteiger partial charge >= 0.3 is 6.36 Å². The van der Waals surface area contributed by atoms with Crippen LogP contribution in [0.1, 0.15) is 16.2 Å². The summed E-state index contributed by atoms with van der Waals surface area (Å²) in [5.41, 5.74) is 0.638. The topological polar surface area (TPSA) is 67.0 Å². The van der Waals surface area contributed by atoms with E-state index in [9.17, 15) is 18.0 Å². The maximum atomic E-state index is 12.0. The lowest BCUT2D eigenvalue weighted by Crippen LogP contribution is -2.23. The first-order chi connectivity index (χ1) is 9.44. The fraction of sp³-hybridized carbons (Fsp3) is 0.167. The molecule has 0 aliphatic heterocycles. The van der Waals surface area contributed by atoms with Gasteiger partial charge in [-0.1, -0.05) is 12.1 Å². The first kappa shape index (κ1) is 13.9. The van der Waals surface area contributed by atoms with E-state index in [-0.39, 0.29) is 18.1 Å². The molecule has 0 saturated carbocycles. The molecular weight excluding hydrogens is 275 g/mol. The molecule has 106 valence electrons. The van der Waals surface area contributed by atoms with Crippen LogP contribution in [0.2, 0.25) is 0 Å². The molecule has 1 amide bonds. The van der Waals surface area contributed by atoms with Crippen molar-refractivity contribution in [1.29, 1.82) is 0 Å². The van der Waals surface area contributed by atoms with Crippen LogP contribution in [0.5, 0.6) is 5.75 Å². The van der Waals surface area contributed by atoms with Crippen LogP contribution in [-0.4, -0.2) is 22.2 Å². The Morgan fingerprint density at radius 2 is 2.00 bits per heavy atom. The van der Waals surface area contributed by atoms with E-state index in [1.54, 1.807) is 0 Å². The number of aromatic amines is 1. The molecule has 0 unspecified atom stereocenters. The largest absolute Gasteiger partial charge is 0.573 e. The number of ether oxygens (including phenoxy) is 1. The first-order valence-electron chi connectivity index (χ1n) is 5.56. The number of aromatic nitrogens is 2. The normalized spacial score (nSPS) is 11.2. The minimum atomic E-state index is -4.71. The van der Waals surface area contributed by atoms with Crippen LogP contribution < -0.4 is 10.1 Å². The van der Waals surface area contributed by atoms with Gasteiger partial charge < -0.3 is 15.0 Å². The molecule has 2 aromatic rings. The molecule has 1 heterocycles. The number of hydrogen-bond acceptors (Lipinski definition) is 3. The van der Waals surface area contributed by atoms with E-state index < -0.39 is 12.3 Å². The number of H-pyrrole nitrogens is 1. The lowest BCUT2D eigenvalue weighted by Gasteiger charge is -2.09. The van der Waals surface area contributed by atoms with Crippen LogP contribution in [0.3, 0.4) is 0 Å². The second-order valence-corrected chi connectivity index (χ2v) is 3.81. The molecule has 2 rings (SSSR count). The number of halogens is 3. The zero-order valence-electron chi connectivity index (χ0n) is 10.1. The van der Waals surface area contributed by atoms with Crippen LogP contribution in [0.4, 0.5) is 13.2 Å². The quantitative estimate of drug-likeness (QED) is 0.905. The van der Waals surface area contributed by atoms with E-state index in [0.717, 1.165) is 0 Å². The van der Waals surface area contributed by atoms with E-state index in [0.29, 0.717) is 5.56 Å². The van der Waals surface area contributed by atoms with Gasteiger partial charge in [0.25, 0.3) is 5.91 Å². The number of imidazole rings is 1. The Hall–Kier alpha value is -2.51. The highest BCUT2D eigenvalue weighted by atomic mass is 19.4. The number of nitrogens with one attached hydrogen (secondary N) is 2. The molecule has 5 nitrogen and oxygen atoms in total. The Morgan fingerprint density at radius 3 is 2.55 bits per heavy atom. The van der Waals surface area contributed by atoms with Gasteiger partial charge in [-0.3, -0.25) is 4.79 Å². The van der Waals surface area contributed by atoms with Crippen molar-refractivity contribution >= 4 is 5.91 Å². The molecule has 0 bridgehead atoms. The third kappa shape index (κ3) is 4.01. The van der Waals surface area contributed by atoms with Crippen molar-refractivity contribution in [3.05, 3.63) is 48.0 Å². The average molecular weight is 285 g/mol. The van der Waals surface area contributed by atoms with Crippen molar-refractivity contribution in [3.8, 4) is 5.75 Å². The highest BCUT2D eigenvalue weighted by Crippen LogP contribution is 2.22. The molecule has 2 N–H and O–H groups in total. The minimum Gasteiger partial charge on any atom is -0.406 e. The predicted octanol–water partition coefficient (Wildman–Crippen LogP) is 2.24.